The highest BCUT2D eigenvalue weighted by atomic mass is 79.9. The minimum absolute atomic E-state index is 0.163. The summed E-state index contributed by atoms with van der Waals surface area (Å²) in [5.74, 6) is 0.197. The third kappa shape index (κ3) is 2.96. The van der Waals surface area contributed by atoms with Gasteiger partial charge in [-0.05, 0) is 28.1 Å². The van der Waals surface area contributed by atoms with E-state index >= 15 is 0 Å². The molecule has 0 spiro atoms. The number of carboxylic acid groups (broad SMARTS) is 1. The second-order valence-corrected chi connectivity index (χ2v) is 5.80. The van der Waals surface area contributed by atoms with Gasteiger partial charge in [0.25, 0.3) is 0 Å². The molecule has 0 radical (unpaired) electrons. The quantitative estimate of drug-likeness (QED) is 0.849. The zero-order valence-corrected chi connectivity index (χ0v) is 13.8. The van der Waals surface area contributed by atoms with E-state index in [1.165, 1.54) is 24.1 Å². The first kappa shape index (κ1) is 15.6. The van der Waals surface area contributed by atoms with Gasteiger partial charge in [0, 0.05) is 18.3 Å². The Morgan fingerprint density at radius 2 is 2.26 bits per heavy atom. The molecule has 1 aromatic heterocycles. The van der Waals surface area contributed by atoms with E-state index in [0.29, 0.717) is 29.1 Å². The molecule has 2 N–H and O–H groups in total. The molecule has 1 aliphatic rings. The van der Waals surface area contributed by atoms with Crippen LogP contribution in [0.5, 0.6) is 5.75 Å². The van der Waals surface area contributed by atoms with Gasteiger partial charge in [-0.15, -0.1) is 0 Å². The standard InChI is InChI=1S/C14H14BrFN4O3/c1-23-11-3-2-8(6-9(11)16)17-13-12(15)10-7-19(14(21)22)4-5-20(10)18-13/h2-3,6H,4-5,7H2,1H3,(H,17,18)(H,21,22). The summed E-state index contributed by atoms with van der Waals surface area (Å²) in [4.78, 5) is 12.4. The molecule has 2 heterocycles. The van der Waals surface area contributed by atoms with Crippen LogP contribution in [0.15, 0.2) is 22.7 Å². The maximum Gasteiger partial charge on any atom is 0.407 e. The van der Waals surface area contributed by atoms with Gasteiger partial charge in [-0.3, -0.25) is 4.68 Å². The maximum atomic E-state index is 13.7. The largest absolute Gasteiger partial charge is 0.494 e. The highest BCUT2D eigenvalue weighted by Gasteiger charge is 2.25. The van der Waals surface area contributed by atoms with Gasteiger partial charge < -0.3 is 20.1 Å². The van der Waals surface area contributed by atoms with E-state index in [-0.39, 0.29) is 12.3 Å². The van der Waals surface area contributed by atoms with Gasteiger partial charge in [-0.25, -0.2) is 9.18 Å². The van der Waals surface area contributed by atoms with Crippen LogP contribution < -0.4 is 10.1 Å². The van der Waals surface area contributed by atoms with Crippen molar-refractivity contribution in [3.05, 3.63) is 34.2 Å². The number of amides is 1. The Morgan fingerprint density at radius 3 is 2.91 bits per heavy atom. The molecule has 0 bridgehead atoms. The fourth-order valence-corrected chi connectivity index (χ4v) is 2.92. The summed E-state index contributed by atoms with van der Waals surface area (Å²) in [6, 6.07) is 4.51. The smallest absolute Gasteiger partial charge is 0.407 e. The molecule has 0 aliphatic carbocycles. The summed E-state index contributed by atoms with van der Waals surface area (Å²) in [7, 11) is 1.40. The zero-order valence-electron chi connectivity index (χ0n) is 12.2. The first-order valence-corrected chi connectivity index (χ1v) is 7.62. The van der Waals surface area contributed by atoms with Crippen molar-refractivity contribution in [1.29, 1.82) is 0 Å². The monoisotopic (exact) mass is 384 g/mol. The SMILES string of the molecule is COc1ccc(Nc2nn3c(c2Br)CN(C(=O)O)CC3)cc1F. The predicted octanol–water partition coefficient (Wildman–Crippen LogP) is 3.03. The number of benzene rings is 1. The summed E-state index contributed by atoms with van der Waals surface area (Å²) in [6.45, 7) is 1.10. The molecule has 0 saturated carbocycles. The first-order valence-electron chi connectivity index (χ1n) is 6.83. The second kappa shape index (κ2) is 6.07. The lowest BCUT2D eigenvalue weighted by atomic mass is 10.3. The number of hydrogen-bond acceptors (Lipinski definition) is 4. The van der Waals surface area contributed by atoms with Crippen molar-refractivity contribution in [1.82, 2.24) is 14.7 Å². The number of halogens is 2. The van der Waals surface area contributed by atoms with E-state index in [1.54, 1.807) is 10.7 Å². The maximum absolute atomic E-state index is 13.7. The Hall–Kier alpha value is -2.29. The average molecular weight is 385 g/mol. The highest BCUT2D eigenvalue weighted by molar-refractivity contribution is 9.10. The van der Waals surface area contributed by atoms with Crippen molar-refractivity contribution >= 4 is 33.5 Å². The fourth-order valence-electron chi connectivity index (χ4n) is 2.41. The Labute approximate surface area is 139 Å². The van der Waals surface area contributed by atoms with Crippen LogP contribution >= 0.6 is 15.9 Å². The number of carbonyl (C=O) groups is 1. The fraction of sp³-hybridized carbons (Fsp3) is 0.286. The molecule has 3 rings (SSSR count). The van der Waals surface area contributed by atoms with Crippen molar-refractivity contribution in [3.8, 4) is 5.75 Å². The van der Waals surface area contributed by atoms with Gasteiger partial charge in [-0.2, -0.15) is 5.10 Å². The number of rotatable bonds is 3. The predicted molar refractivity (Wildman–Crippen MR) is 84.6 cm³/mol. The second-order valence-electron chi connectivity index (χ2n) is 5.01. The van der Waals surface area contributed by atoms with Gasteiger partial charge in [0.05, 0.1) is 30.4 Å². The molecule has 0 atom stereocenters. The number of methoxy groups -OCH3 is 1. The summed E-state index contributed by atoms with van der Waals surface area (Å²) < 4.78 is 21.0. The zero-order chi connectivity index (χ0) is 16.6. The molecular formula is C14H14BrFN4O3. The van der Waals surface area contributed by atoms with Crippen molar-refractivity contribution in [2.24, 2.45) is 0 Å². The number of fused-ring (bicyclic) bond motifs is 1. The number of anilines is 2. The van der Waals surface area contributed by atoms with Crippen LogP contribution in [0.1, 0.15) is 5.69 Å². The molecule has 2 aromatic rings. The molecule has 0 fully saturated rings. The van der Waals surface area contributed by atoms with Crippen LogP contribution in [-0.4, -0.2) is 39.5 Å². The minimum Gasteiger partial charge on any atom is -0.494 e. The Bertz CT molecular complexity index is 765. The number of hydrogen-bond donors (Lipinski definition) is 2. The van der Waals surface area contributed by atoms with E-state index in [4.69, 9.17) is 9.84 Å². The minimum atomic E-state index is -0.962. The van der Waals surface area contributed by atoms with E-state index in [2.05, 4.69) is 26.3 Å². The van der Waals surface area contributed by atoms with Gasteiger partial charge in [-0.1, -0.05) is 0 Å². The average Bonchev–Trinajstić information content (AvgIpc) is 2.83. The molecule has 0 saturated heterocycles. The van der Waals surface area contributed by atoms with E-state index in [9.17, 15) is 9.18 Å². The van der Waals surface area contributed by atoms with Gasteiger partial charge in [0.2, 0.25) is 0 Å². The molecule has 1 aromatic carbocycles. The lowest BCUT2D eigenvalue weighted by Gasteiger charge is -2.24. The first-order chi connectivity index (χ1) is 11.0. The van der Waals surface area contributed by atoms with Gasteiger partial charge in [0.15, 0.2) is 17.4 Å². The third-order valence-corrected chi connectivity index (χ3v) is 4.43. The molecule has 7 nitrogen and oxygen atoms in total. The summed E-state index contributed by atoms with van der Waals surface area (Å²) in [6.07, 6.45) is -0.962. The molecule has 23 heavy (non-hydrogen) atoms. The molecule has 1 aliphatic heterocycles. The van der Waals surface area contributed by atoms with E-state index in [1.807, 2.05) is 0 Å². The van der Waals surface area contributed by atoms with Crippen molar-refractivity contribution < 1.29 is 19.0 Å². The van der Waals surface area contributed by atoms with Crippen molar-refractivity contribution in [2.75, 3.05) is 19.0 Å². The van der Waals surface area contributed by atoms with Crippen LogP contribution in [0.3, 0.4) is 0 Å². The highest BCUT2D eigenvalue weighted by Crippen LogP contribution is 2.32. The topological polar surface area (TPSA) is 79.6 Å². The van der Waals surface area contributed by atoms with Crippen LogP contribution in [0, 0.1) is 5.82 Å². The van der Waals surface area contributed by atoms with Gasteiger partial charge in [0.1, 0.15) is 0 Å². The van der Waals surface area contributed by atoms with Crippen LogP contribution in [0.2, 0.25) is 0 Å². The molecule has 9 heteroatoms. The summed E-state index contributed by atoms with van der Waals surface area (Å²) in [5.41, 5.74) is 1.28. The molecule has 0 unspecified atom stereocenters. The lowest BCUT2D eigenvalue weighted by Crippen LogP contribution is -2.37. The Morgan fingerprint density at radius 1 is 1.48 bits per heavy atom. The molecule has 122 valence electrons. The van der Waals surface area contributed by atoms with Crippen molar-refractivity contribution in [3.63, 3.8) is 0 Å². The van der Waals surface area contributed by atoms with Crippen molar-refractivity contribution in [2.45, 2.75) is 13.1 Å². The van der Waals surface area contributed by atoms with Crippen LogP contribution in [0.25, 0.3) is 0 Å². The molecule has 1 amide bonds. The third-order valence-electron chi connectivity index (χ3n) is 3.60. The Balaban J connectivity index is 1.85. The number of nitrogens with one attached hydrogen (secondary N) is 1. The Kier molecular flexibility index (Phi) is 4.12. The van der Waals surface area contributed by atoms with Crippen LogP contribution in [0.4, 0.5) is 20.7 Å². The van der Waals surface area contributed by atoms with E-state index < -0.39 is 11.9 Å². The number of aromatic nitrogens is 2. The lowest BCUT2D eigenvalue weighted by molar-refractivity contribution is 0.131. The number of nitrogens with zero attached hydrogens (tertiary/aromatic N) is 3. The normalized spacial score (nSPS) is 13.6. The van der Waals surface area contributed by atoms with E-state index in [0.717, 1.165) is 5.69 Å². The number of ether oxygens (including phenoxy) is 1. The molecular weight excluding hydrogens is 371 g/mol. The van der Waals surface area contributed by atoms with Gasteiger partial charge >= 0.3 is 6.09 Å². The summed E-state index contributed by atoms with van der Waals surface area (Å²) in [5, 5.41) is 16.5. The summed E-state index contributed by atoms with van der Waals surface area (Å²) >= 11 is 3.43. The van der Waals surface area contributed by atoms with Crippen LogP contribution in [-0.2, 0) is 13.1 Å².